The molecule has 0 unspecified atom stereocenters. The molecule has 0 saturated heterocycles. The molecule has 1 fully saturated rings. The van der Waals surface area contributed by atoms with Crippen LogP contribution in [0.5, 0.6) is 0 Å². The van der Waals surface area contributed by atoms with Crippen LogP contribution in [0.4, 0.5) is 0 Å². The molecule has 1 rings (SSSR count). The summed E-state index contributed by atoms with van der Waals surface area (Å²) in [5, 5.41) is 0. The Labute approximate surface area is 74.3 Å². The van der Waals surface area contributed by atoms with Crippen molar-refractivity contribution in [3.63, 3.8) is 0 Å². The molecule has 2 nitrogen and oxygen atoms in total. The molecule has 0 aliphatic heterocycles. The molecule has 0 bridgehead atoms. The first-order valence-corrected chi connectivity index (χ1v) is 4.92. The maximum Gasteiger partial charge on any atom is 0.312 e. The fourth-order valence-electron chi connectivity index (χ4n) is 1.51. The Morgan fingerprint density at radius 3 is 2.50 bits per heavy atom. The van der Waals surface area contributed by atoms with Crippen molar-refractivity contribution >= 4 is 5.97 Å². The fraction of sp³-hybridized carbons (Fsp3) is 0.900. The van der Waals surface area contributed by atoms with Gasteiger partial charge < -0.3 is 4.74 Å². The van der Waals surface area contributed by atoms with Crippen LogP contribution in [0.25, 0.3) is 0 Å². The molecule has 0 aromatic heterocycles. The van der Waals surface area contributed by atoms with Crippen LogP contribution in [0.3, 0.4) is 0 Å². The highest BCUT2D eigenvalue weighted by Crippen LogP contribution is 2.50. The molecule has 2 heteroatoms. The van der Waals surface area contributed by atoms with Crippen LogP contribution >= 0.6 is 0 Å². The predicted molar refractivity (Wildman–Crippen MR) is 47.8 cm³/mol. The van der Waals surface area contributed by atoms with Crippen molar-refractivity contribution in [3.05, 3.63) is 0 Å². The van der Waals surface area contributed by atoms with Crippen molar-refractivity contribution in [2.24, 2.45) is 5.41 Å². The average molecular weight is 170 g/mol. The first kappa shape index (κ1) is 9.56. The summed E-state index contributed by atoms with van der Waals surface area (Å²) < 4.78 is 5.03. The topological polar surface area (TPSA) is 26.3 Å². The number of hydrogen-bond acceptors (Lipinski definition) is 2. The Morgan fingerprint density at radius 2 is 2.08 bits per heavy atom. The van der Waals surface area contributed by atoms with E-state index < -0.39 is 0 Å². The lowest BCUT2D eigenvalue weighted by Crippen LogP contribution is -2.18. The zero-order chi connectivity index (χ0) is 9.03. The van der Waals surface area contributed by atoms with Crippen molar-refractivity contribution in [1.82, 2.24) is 0 Å². The predicted octanol–water partition coefficient (Wildman–Crippen LogP) is 2.52. The van der Waals surface area contributed by atoms with E-state index in [1.807, 2.05) is 6.92 Å². The second-order valence-corrected chi connectivity index (χ2v) is 3.60. The number of ether oxygens (including phenoxy) is 1. The van der Waals surface area contributed by atoms with Crippen LogP contribution in [-0.2, 0) is 9.53 Å². The highest BCUT2D eigenvalue weighted by atomic mass is 16.5. The standard InChI is InChI=1S/C10H18O2/c1-3-5-6-10(7-8-10)9(11)12-4-2/h3-8H2,1-2H3. The molecule has 1 aliphatic carbocycles. The second-order valence-electron chi connectivity index (χ2n) is 3.60. The lowest BCUT2D eigenvalue weighted by Gasteiger charge is -2.12. The summed E-state index contributed by atoms with van der Waals surface area (Å²) in [6, 6.07) is 0. The van der Waals surface area contributed by atoms with Gasteiger partial charge >= 0.3 is 5.97 Å². The quantitative estimate of drug-likeness (QED) is 0.593. The summed E-state index contributed by atoms with van der Waals surface area (Å²) in [6.45, 7) is 4.54. The average Bonchev–Trinajstić information content (AvgIpc) is 2.82. The van der Waals surface area contributed by atoms with Crippen molar-refractivity contribution in [2.45, 2.75) is 46.0 Å². The highest BCUT2D eigenvalue weighted by Gasteiger charge is 2.50. The van der Waals surface area contributed by atoms with Crippen LogP contribution in [0.1, 0.15) is 46.0 Å². The van der Waals surface area contributed by atoms with Gasteiger partial charge in [-0.25, -0.2) is 0 Å². The van der Waals surface area contributed by atoms with Gasteiger partial charge in [0, 0.05) is 0 Å². The molecule has 0 spiro atoms. The minimum Gasteiger partial charge on any atom is -0.466 e. The zero-order valence-electron chi connectivity index (χ0n) is 8.06. The molecule has 0 amide bonds. The Balaban J connectivity index is 2.32. The van der Waals surface area contributed by atoms with E-state index >= 15 is 0 Å². The monoisotopic (exact) mass is 170 g/mol. The van der Waals surface area contributed by atoms with Crippen molar-refractivity contribution in [1.29, 1.82) is 0 Å². The van der Waals surface area contributed by atoms with Gasteiger partial charge in [-0.05, 0) is 26.2 Å². The summed E-state index contributed by atoms with van der Waals surface area (Å²) in [5.41, 5.74) is -0.0496. The smallest absolute Gasteiger partial charge is 0.312 e. The van der Waals surface area contributed by atoms with Gasteiger partial charge in [0.05, 0.1) is 12.0 Å². The third-order valence-electron chi connectivity index (χ3n) is 2.57. The molecule has 1 saturated carbocycles. The SMILES string of the molecule is CCCCC1(C(=O)OCC)CC1. The van der Waals surface area contributed by atoms with E-state index in [0.29, 0.717) is 6.61 Å². The van der Waals surface area contributed by atoms with Crippen molar-refractivity contribution < 1.29 is 9.53 Å². The Morgan fingerprint density at radius 1 is 1.42 bits per heavy atom. The van der Waals surface area contributed by atoms with Gasteiger partial charge in [-0.3, -0.25) is 4.79 Å². The summed E-state index contributed by atoms with van der Waals surface area (Å²) >= 11 is 0. The third kappa shape index (κ3) is 1.99. The minimum absolute atomic E-state index is 0.0402. The maximum atomic E-state index is 11.4. The van der Waals surface area contributed by atoms with Gasteiger partial charge in [0.2, 0.25) is 0 Å². The first-order valence-electron chi connectivity index (χ1n) is 4.92. The van der Waals surface area contributed by atoms with E-state index in [1.165, 1.54) is 6.42 Å². The number of unbranched alkanes of at least 4 members (excludes halogenated alkanes) is 1. The first-order chi connectivity index (χ1) is 5.75. The summed E-state index contributed by atoms with van der Waals surface area (Å²) in [5.74, 6) is 0.0402. The molecular weight excluding hydrogens is 152 g/mol. The van der Waals surface area contributed by atoms with Crippen molar-refractivity contribution in [2.75, 3.05) is 6.61 Å². The van der Waals surface area contributed by atoms with Gasteiger partial charge in [0.25, 0.3) is 0 Å². The fourth-order valence-corrected chi connectivity index (χ4v) is 1.51. The molecule has 0 heterocycles. The van der Waals surface area contributed by atoms with E-state index in [-0.39, 0.29) is 11.4 Å². The number of hydrogen-bond donors (Lipinski definition) is 0. The summed E-state index contributed by atoms with van der Waals surface area (Å²) in [7, 11) is 0. The van der Waals surface area contributed by atoms with Crippen LogP contribution in [-0.4, -0.2) is 12.6 Å². The molecular formula is C10H18O2. The Bertz CT molecular complexity index is 159. The van der Waals surface area contributed by atoms with Gasteiger partial charge in [-0.1, -0.05) is 19.8 Å². The molecule has 0 aromatic carbocycles. The van der Waals surface area contributed by atoms with E-state index in [4.69, 9.17) is 4.74 Å². The lowest BCUT2D eigenvalue weighted by atomic mass is 10.00. The molecule has 0 N–H and O–H groups in total. The molecule has 70 valence electrons. The van der Waals surface area contributed by atoms with Crippen LogP contribution in [0, 0.1) is 5.41 Å². The maximum absolute atomic E-state index is 11.4. The molecule has 0 aromatic rings. The third-order valence-corrected chi connectivity index (χ3v) is 2.57. The lowest BCUT2D eigenvalue weighted by molar-refractivity contribution is -0.150. The number of rotatable bonds is 5. The summed E-state index contributed by atoms with van der Waals surface area (Å²) in [4.78, 5) is 11.4. The van der Waals surface area contributed by atoms with Gasteiger partial charge in [-0.2, -0.15) is 0 Å². The van der Waals surface area contributed by atoms with E-state index in [2.05, 4.69) is 6.92 Å². The van der Waals surface area contributed by atoms with Gasteiger partial charge in [0.1, 0.15) is 0 Å². The second kappa shape index (κ2) is 3.92. The molecule has 1 aliphatic rings. The van der Waals surface area contributed by atoms with Gasteiger partial charge in [-0.15, -0.1) is 0 Å². The number of esters is 1. The van der Waals surface area contributed by atoms with Crippen LogP contribution in [0.15, 0.2) is 0 Å². The molecule has 0 atom stereocenters. The van der Waals surface area contributed by atoms with Gasteiger partial charge in [0.15, 0.2) is 0 Å². The highest BCUT2D eigenvalue weighted by molar-refractivity contribution is 5.79. The normalized spacial score (nSPS) is 18.8. The summed E-state index contributed by atoms with van der Waals surface area (Å²) in [6.07, 6.45) is 5.44. The van der Waals surface area contributed by atoms with Crippen molar-refractivity contribution in [3.8, 4) is 0 Å². The number of carbonyl (C=O) groups is 1. The van der Waals surface area contributed by atoms with Crippen LogP contribution < -0.4 is 0 Å². The van der Waals surface area contributed by atoms with E-state index in [0.717, 1.165) is 25.7 Å². The van der Waals surface area contributed by atoms with E-state index in [9.17, 15) is 4.79 Å². The molecule has 12 heavy (non-hydrogen) atoms. The Hall–Kier alpha value is -0.530. The number of carbonyl (C=O) groups excluding carboxylic acids is 1. The minimum atomic E-state index is -0.0496. The zero-order valence-corrected chi connectivity index (χ0v) is 8.06. The molecule has 0 radical (unpaired) electrons. The van der Waals surface area contributed by atoms with E-state index in [1.54, 1.807) is 0 Å². The Kier molecular flexibility index (Phi) is 3.12. The largest absolute Gasteiger partial charge is 0.466 e. The van der Waals surface area contributed by atoms with Crippen LogP contribution in [0.2, 0.25) is 0 Å².